The van der Waals surface area contributed by atoms with Crippen molar-refractivity contribution in [1.29, 1.82) is 0 Å². The van der Waals surface area contributed by atoms with Crippen LogP contribution < -0.4 is 0 Å². The second-order valence-electron chi connectivity index (χ2n) is 20.2. The van der Waals surface area contributed by atoms with Crippen LogP contribution in [0, 0.1) is 17.3 Å². The van der Waals surface area contributed by atoms with Crippen molar-refractivity contribution >= 4 is 0 Å². The van der Waals surface area contributed by atoms with Crippen molar-refractivity contribution in [3.63, 3.8) is 0 Å². The molecule has 30 atom stereocenters. The number of hydrogen-bond donors (Lipinski definition) is 21. The highest BCUT2D eigenvalue weighted by Crippen LogP contribution is 2.38. The summed E-state index contributed by atoms with van der Waals surface area (Å²) in [5.41, 5.74) is -1.59. The largest absolute Gasteiger partial charge is 0.396 e. The summed E-state index contributed by atoms with van der Waals surface area (Å²) < 4.78 is 57.4. The van der Waals surface area contributed by atoms with Crippen molar-refractivity contribution in [1.82, 2.24) is 0 Å². The van der Waals surface area contributed by atoms with Gasteiger partial charge >= 0.3 is 0 Å². The van der Waals surface area contributed by atoms with Gasteiger partial charge in [0.05, 0.1) is 70.7 Å². The minimum absolute atomic E-state index is 0.172. The predicted molar refractivity (Wildman–Crippen MR) is 232 cm³/mol. The molecule has 4 aliphatic heterocycles. The normalized spacial score (nSPS) is 50.4. The summed E-state index contributed by atoms with van der Waals surface area (Å²) in [6.07, 6.45) is -48.9. The van der Waals surface area contributed by atoms with E-state index in [0.717, 1.165) is 0 Å². The minimum Gasteiger partial charge on any atom is -0.396 e. The first-order valence-corrected chi connectivity index (χ1v) is 24.3. The fourth-order valence-corrected chi connectivity index (χ4v) is 9.99. The monoisotopic (exact) mass is 1090 g/mol. The number of hydrogen-bond acceptors (Lipinski definition) is 31. The van der Waals surface area contributed by atoms with E-state index in [0.29, 0.717) is 0 Å². The molecule has 18 unspecified atom stereocenters. The standard InChI is InChI=1S/C43H76O31/c1-43(10-65-15-3-14(5-45)36(29(58)22(15)51)68-16-2-13(4-44)21(50)26(55)23(16)52,11-66-39-34(63)30(59)37(19(8-48)71-39)73-41-32(61)27(56)24(53)17(6-46)69-41)12-67-40-35(64)31(60)38(20(9-49)72-40)74-42-33(62)28(57)25(54)18(7-47)70-42/h13-42,44-64H,2-12H2,1H3/t13?,14?,15-,16-,17?,18?,19?,20?,21+,22?,23?,24+,25+,26?,27?,28?,29?,30?,31?,32?,33?,34?,35?,36-,37-,38-,39-,40-,41+,42+,43?/m1/s1. The van der Waals surface area contributed by atoms with E-state index in [4.69, 9.17) is 47.4 Å². The molecule has 0 amide bonds. The van der Waals surface area contributed by atoms with Gasteiger partial charge in [0.15, 0.2) is 25.2 Å². The Hall–Kier alpha value is -1.24. The molecule has 74 heavy (non-hydrogen) atoms. The van der Waals surface area contributed by atoms with Crippen molar-refractivity contribution in [2.75, 3.05) is 59.5 Å². The molecule has 2 aliphatic carbocycles. The first-order chi connectivity index (χ1) is 35.0. The van der Waals surface area contributed by atoms with Gasteiger partial charge in [0.2, 0.25) is 0 Å². The third-order valence-corrected chi connectivity index (χ3v) is 14.7. The molecule has 6 fully saturated rings. The highest BCUT2D eigenvalue weighted by molar-refractivity contribution is 5.00. The molecule has 2 saturated carbocycles. The smallest absolute Gasteiger partial charge is 0.187 e. The summed E-state index contributed by atoms with van der Waals surface area (Å²) in [6, 6.07) is 0. The SMILES string of the molecule is CC(CO[C@@H]1OC(CO)[C@@H](O[C@@H]2OC(CO)[C@H](O)C(O)C2O)C(O)C1O)(CO[C@@H]1OC(CO)[C@@H](O[C@@H]2OC(CO)[C@H](O)C(O)C2O)C(O)C1O)CO[C@@H]1CC(CO)[C@@H](O[C@@H]2CC(CO)[C@H](O)C(O)C2O)C(O)C1O. The zero-order valence-corrected chi connectivity index (χ0v) is 40.1. The van der Waals surface area contributed by atoms with Crippen LogP contribution >= 0.6 is 0 Å². The molecule has 0 aromatic rings. The maximum absolute atomic E-state index is 11.4. The molecule has 21 N–H and O–H groups in total. The topological polar surface area (TPSA) is 517 Å². The number of rotatable bonds is 21. The van der Waals surface area contributed by atoms with Gasteiger partial charge < -0.3 is 155 Å². The Morgan fingerprint density at radius 2 is 0.676 bits per heavy atom. The van der Waals surface area contributed by atoms with E-state index in [1.54, 1.807) is 0 Å². The summed E-state index contributed by atoms with van der Waals surface area (Å²) in [4.78, 5) is 0. The zero-order chi connectivity index (χ0) is 54.7. The maximum Gasteiger partial charge on any atom is 0.187 e. The third kappa shape index (κ3) is 13.3. The van der Waals surface area contributed by atoms with E-state index in [2.05, 4.69) is 0 Å². The first kappa shape index (κ1) is 62.0. The van der Waals surface area contributed by atoms with Gasteiger partial charge in [0.25, 0.3) is 0 Å². The van der Waals surface area contributed by atoms with Crippen molar-refractivity contribution < 1.29 is 155 Å². The number of ether oxygens (including phenoxy) is 10. The molecule has 31 nitrogen and oxygen atoms in total. The maximum atomic E-state index is 11.4. The highest BCUT2D eigenvalue weighted by Gasteiger charge is 2.55. The lowest BCUT2D eigenvalue weighted by atomic mass is 9.78. The third-order valence-electron chi connectivity index (χ3n) is 14.7. The van der Waals surface area contributed by atoms with Crippen LogP contribution in [0.5, 0.6) is 0 Å². The summed E-state index contributed by atoms with van der Waals surface area (Å²) in [7, 11) is 0. The molecule has 0 aromatic carbocycles. The van der Waals surface area contributed by atoms with Gasteiger partial charge in [-0.2, -0.15) is 0 Å². The van der Waals surface area contributed by atoms with E-state index in [-0.39, 0.29) is 12.8 Å². The molecule has 0 spiro atoms. The Morgan fingerprint density at radius 1 is 0.324 bits per heavy atom. The first-order valence-electron chi connectivity index (χ1n) is 24.3. The predicted octanol–water partition coefficient (Wildman–Crippen LogP) is -12.8. The van der Waals surface area contributed by atoms with E-state index in [9.17, 15) is 107 Å². The lowest BCUT2D eigenvalue weighted by Crippen LogP contribution is -2.65. The summed E-state index contributed by atoms with van der Waals surface area (Å²) in [5, 5.41) is 221. The summed E-state index contributed by atoms with van der Waals surface area (Å²) >= 11 is 0. The molecule has 0 aromatic heterocycles. The Balaban J connectivity index is 1.17. The van der Waals surface area contributed by atoms with Crippen LogP contribution in [0.25, 0.3) is 0 Å². The number of aliphatic hydroxyl groups excluding tert-OH is 21. The molecule has 6 aliphatic rings. The van der Waals surface area contributed by atoms with Crippen LogP contribution in [0.3, 0.4) is 0 Å². The Bertz CT molecular complexity index is 1480. The van der Waals surface area contributed by atoms with Crippen LogP contribution in [0.1, 0.15) is 19.8 Å². The van der Waals surface area contributed by atoms with Crippen LogP contribution in [-0.4, -0.2) is 338 Å². The molecular formula is C43H76O31. The molecule has 4 heterocycles. The average Bonchev–Trinajstić information content (AvgIpc) is 3.39. The minimum atomic E-state index is -2.03. The van der Waals surface area contributed by atoms with Gasteiger partial charge in [-0.25, -0.2) is 0 Å². The molecule has 6 rings (SSSR count). The van der Waals surface area contributed by atoms with E-state index in [1.165, 1.54) is 6.92 Å². The summed E-state index contributed by atoms with van der Waals surface area (Å²) in [6.45, 7) is -5.15. The van der Waals surface area contributed by atoms with E-state index < -0.39 is 248 Å². The average molecular weight is 1090 g/mol. The van der Waals surface area contributed by atoms with Gasteiger partial charge in [0.1, 0.15) is 122 Å². The van der Waals surface area contributed by atoms with Gasteiger partial charge in [-0.05, 0) is 12.8 Å². The van der Waals surface area contributed by atoms with Crippen molar-refractivity contribution in [3.05, 3.63) is 0 Å². The fraction of sp³-hybridized carbons (Fsp3) is 1.00. The molecule has 434 valence electrons. The fourth-order valence-electron chi connectivity index (χ4n) is 9.99. The Morgan fingerprint density at radius 3 is 1.09 bits per heavy atom. The van der Waals surface area contributed by atoms with E-state index >= 15 is 0 Å². The van der Waals surface area contributed by atoms with Gasteiger partial charge in [-0.15, -0.1) is 0 Å². The van der Waals surface area contributed by atoms with Crippen LogP contribution in [0.2, 0.25) is 0 Å². The van der Waals surface area contributed by atoms with Crippen molar-refractivity contribution in [2.24, 2.45) is 17.3 Å². The molecular weight excluding hydrogens is 1010 g/mol. The number of aliphatic hydroxyl groups is 21. The molecule has 0 bridgehead atoms. The lowest BCUT2D eigenvalue weighted by Gasteiger charge is -2.47. The Labute approximate surface area is 422 Å². The second-order valence-corrected chi connectivity index (χ2v) is 20.2. The summed E-state index contributed by atoms with van der Waals surface area (Å²) in [5.74, 6) is -1.94. The van der Waals surface area contributed by atoms with E-state index in [1.807, 2.05) is 0 Å². The lowest BCUT2D eigenvalue weighted by molar-refractivity contribution is -0.365. The van der Waals surface area contributed by atoms with Crippen LogP contribution in [0.4, 0.5) is 0 Å². The van der Waals surface area contributed by atoms with Crippen molar-refractivity contribution in [2.45, 2.75) is 191 Å². The van der Waals surface area contributed by atoms with Gasteiger partial charge in [0, 0.05) is 30.5 Å². The quantitative estimate of drug-likeness (QED) is 0.0507. The molecule has 31 heteroatoms. The molecule has 0 radical (unpaired) electrons. The van der Waals surface area contributed by atoms with Crippen molar-refractivity contribution in [3.8, 4) is 0 Å². The highest BCUT2D eigenvalue weighted by atomic mass is 16.8. The van der Waals surface area contributed by atoms with Crippen LogP contribution in [0.15, 0.2) is 0 Å². The van der Waals surface area contributed by atoms with Gasteiger partial charge in [-0.1, -0.05) is 6.92 Å². The van der Waals surface area contributed by atoms with Crippen LogP contribution in [-0.2, 0) is 47.4 Å². The Kier molecular flexibility index (Phi) is 22.5. The zero-order valence-electron chi connectivity index (χ0n) is 40.1. The second kappa shape index (κ2) is 26.8. The van der Waals surface area contributed by atoms with Gasteiger partial charge in [-0.3, -0.25) is 0 Å². The molecule has 4 saturated heterocycles.